The van der Waals surface area contributed by atoms with Gasteiger partial charge in [-0.05, 0) is 24.6 Å². The fraction of sp³-hybridized carbons (Fsp3) is 0.211. The Bertz CT molecular complexity index is 738. The zero-order chi connectivity index (χ0) is 18.8. The van der Waals surface area contributed by atoms with Gasteiger partial charge in [0.2, 0.25) is 0 Å². The lowest BCUT2D eigenvalue weighted by Crippen LogP contribution is -2.44. The van der Waals surface area contributed by atoms with Crippen LogP contribution < -0.4 is 10.6 Å². The lowest BCUT2D eigenvalue weighted by Gasteiger charge is -2.13. The largest absolute Gasteiger partial charge is 0.452 e. The molecule has 2 aromatic rings. The van der Waals surface area contributed by atoms with Crippen LogP contribution in [-0.2, 0) is 20.9 Å². The van der Waals surface area contributed by atoms with Crippen molar-refractivity contribution < 1.29 is 19.1 Å². The Hall–Kier alpha value is -2.80. The van der Waals surface area contributed by atoms with Gasteiger partial charge in [-0.3, -0.25) is 14.9 Å². The molecule has 2 rings (SSSR count). The van der Waals surface area contributed by atoms with Gasteiger partial charge in [-0.1, -0.05) is 48.5 Å². The first-order chi connectivity index (χ1) is 12.5. The number of hydrogen-bond acceptors (Lipinski definition) is 5. The van der Waals surface area contributed by atoms with Crippen molar-refractivity contribution >= 4 is 29.7 Å². The number of carbonyl (C=O) groups is 3. The zero-order valence-electron chi connectivity index (χ0n) is 14.3. The molecule has 0 aliphatic carbocycles. The minimum atomic E-state index is -1.05. The van der Waals surface area contributed by atoms with E-state index in [9.17, 15) is 14.4 Å². The second-order valence-electron chi connectivity index (χ2n) is 5.39. The third kappa shape index (κ3) is 6.98. The predicted molar refractivity (Wildman–Crippen MR) is 99.5 cm³/mol. The van der Waals surface area contributed by atoms with Crippen LogP contribution in [0.15, 0.2) is 65.6 Å². The Morgan fingerprint density at radius 1 is 1.00 bits per heavy atom. The molecular weight excluding hydrogens is 352 g/mol. The number of amides is 3. The zero-order valence-corrected chi connectivity index (χ0v) is 15.1. The molecule has 7 heteroatoms. The normalized spacial score (nSPS) is 11.3. The van der Waals surface area contributed by atoms with Crippen LogP contribution in [-0.4, -0.2) is 29.8 Å². The third-order valence-corrected chi connectivity index (χ3v) is 4.30. The molecule has 26 heavy (non-hydrogen) atoms. The van der Waals surface area contributed by atoms with Gasteiger partial charge in [0.1, 0.15) is 0 Å². The third-order valence-electron chi connectivity index (χ3n) is 3.31. The highest BCUT2D eigenvalue weighted by atomic mass is 32.2. The number of benzene rings is 2. The molecule has 0 aliphatic heterocycles. The van der Waals surface area contributed by atoms with Crippen molar-refractivity contribution in [2.45, 2.75) is 24.5 Å². The summed E-state index contributed by atoms with van der Waals surface area (Å²) in [5, 5.41) is 4.73. The highest BCUT2D eigenvalue weighted by Crippen LogP contribution is 2.17. The quantitative estimate of drug-likeness (QED) is 0.577. The van der Waals surface area contributed by atoms with Crippen LogP contribution in [0.25, 0.3) is 0 Å². The fourth-order valence-corrected chi connectivity index (χ4v) is 2.68. The van der Waals surface area contributed by atoms with Crippen LogP contribution in [0.4, 0.5) is 4.79 Å². The van der Waals surface area contributed by atoms with Crippen molar-refractivity contribution in [1.82, 2.24) is 10.6 Å². The number of rotatable bonds is 7. The summed E-state index contributed by atoms with van der Waals surface area (Å²) in [5.41, 5.74) is 0.910. The summed E-state index contributed by atoms with van der Waals surface area (Å²) in [6.07, 6.45) is -1.05. The average Bonchev–Trinajstić information content (AvgIpc) is 2.66. The van der Waals surface area contributed by atoms with Gasteiger partial charge in [0.05, 0.1) is 5.75 Å². The van der Waals surface area contributed by atoms with Gasteiger partial charge >= 0.3 is 12.0 Å². The van der Waals surface area contributed by atoms with Gasteiger partial charge < -0.3 is 10.1 Å². The maximum absolute atomic E-state index is 11.9. The molecule has 6 nitrogen and oxygen atoms in total. The summed E-state index contributed by atoms with van der Waals surface area (Å²) in [6.45, 7) is 1.72. The van der Waals surface area contributed by atoms with Crippen LogP contribution in [0.2, 0.25) is 0 Å². The van der Waals surface area contributed by atoms with Crippen molar-refractivity contribution in [3.63, 3.8) is 0 Å². The van der Waals surface area contributed by atoms with E-state index in [-0.39, 0.29) is 5.75 Å². The van der Waals surface area contributed by atoms with E-state index in [1.54, 1.807) is 0 Å². The number of esters is 1. The van der Waals surface area contributed by atoms with Gasteiger partial charge in [0.15, 0.2) is 6.10 Å². The van der Waals surface area contributed by atoms with Gasteiger partial charge in [0, 0.05) is 11.4 Å². The Morgan fingerprint density at radius 3 is 2.27 bits per heavy atom. The Morgan fingerprint density at radius 2 is 1.62 bits per heavy atom. The molecule has 0 aromatic heterocycles. The Labute approximate surface area is 156 Å². The van der Waals surface area contributed by atoms with Gasteiger partial charge in [-0.25, -0.2) is 4.79 Å². The first kappa shape index (κ1) is 19.5. The second-order valence-corrected chi connectivity index (χ2v) is 6.44. The van der Waals surface area contributed by atoms with E-state index >= 15 is 0 Å². The molecule has 0 heterocycles. The minimum absolute atomic E-state index is 0.0852. The molecule has 0 spiro atoms. The lowest BCUT2D eigenvalue weighted by molar-refractivity contribution is -0.151. The summed E-state index contributed by atoms with van der Waals surface area (Å²) in [4.78, 5) is 36.4. The molecule has 0 fully saturated rings. The van der Waals surface area contributed by atoms with Crippen LogP contribution in [0.5, 0.6) is 0 Å². The highest BCUT2D eigenvalue weighted by molar-refractivity contribution is 8.00. The lowest BCUT2D eigenvalue weighted by atomic mass is 10.2. The van der Waals surface area contributed by atoms with E-state index < -0.39 is 24.0 Å². The SMILES string of the molecule is C[C@H](OC(=O)CSc1ccccc1)C(=O)NC(=O)NCc1ccccc1. The number of ether oxygens (including phenoxy) is 1. The van der Waals surface area contributed by atoms with E-state index in [0.717, 1.165) is 10.5 Å². The first-order valence-corrected chi connectivity index (χ1v) is 9.03. The topological polar surface area (TPSA) is 84.5 Å². The van der Waals surface area contributed by atoms with Crippen molar-refractivity contribution in [1.29, 1.82) is 0 Å². The molecule has 136 valence electrons. The number of hydrogen-bond donors (Lipinski definition) is 2. The average molecular weight is 372 g/mol. The van der Waals surface area contributed by atoms with Crippen LogP contribution >= 0.6 is 11.8 Å². The van der Waals surface area contributed by atoms with Crippen LogP contribution in [0.1, 0.15) is 12.5 Å². The molecule has 2 N–H and O–H groups in total. The van der Waals surface area contributed by atoms with Crippen LogP contribution in [0, 0.1) is 0 Å². The van der Waals surface area contributed by atoms with Gasteiger partial charge in [-0.15, -0.1) is 11.8 Å². The molecule has 0 aliphatic rings. The first-order valence-electron chi connectivity index (χ1n) is 8.04. The van der Waals surface area contributed by atoms with Crippen molar-refractivity contribution in [2.75, 3.05) is 5.75 Å². The summed E-state index contributed by atoms with van der Waals surface area (Å²) < 4.78 is 5.05. The highest BCUT2D eigenvalue weighted by Gasteiger charge is 2.19. The minimum Gasteiger partial charge on any atom is -0.452 e. The molecule has 2 aromatic carbocycles. The summed E-state index contributed by atoms with van der Waals surface area (Å²) in [6, 6.07) is 18.1. The molecule has 0 saturated carbocycles. The predicted octanol–water partition coefficient (Wildman–Crippen LogP) is 2.74. The molecule has 1 atom stereocenters. The van der Waals surface area contributed by atoms with E-state index in [2.05, 4.69) is 10.6 Å². The molecule has 3 amide bonds. The van der Waals surface area contributed by atoms with Crippen molar-refractivity contribution in [3.05, 3.63) is 66.2 Å². The number of carbonyl (C=O) groups excluding carboxylic acids is 3. The standard InChI is InChI=1S/C19H20N2O4S/c1-14(25-17(22)13-26-16-10-6-3-7-11-16)18(23)21-19(24)20-12-15-8-4-2-5-9-15/h2-11,14H,12-13H2,1H3,(H2,20,21,23,24)/t14-/m0/s1. The van der Waals surface area contributed by atoms with E-state index in [4.69, 9.17) is 4.74 Å². The number of nitrogens with one attached hydrogen (secondary N) is 2. The fourth-order valence-electron chi connectivity index (χ4n) is 1.98. The Balaban J connectivity index is 1.69. The van der Waals surface area contributed by atoms with Crippen molar-refractivity contribution in [3.8, 4) is 0 Å². The monoisotopic (exact) mass is 372 g/mol. The summed E-state index contributed by atoms with van der Waals surface area (Å²) in [7, 11) is 0. The smallest absolute Gasteiger partial charge is 0.321 e. The maximum atomic E-state index is 11.9. The maximum Gasteiger partial charge on any atom is 0.321 e. The molecule has 0 unspecified atom stereocenters. The second kappa shape index (κ2) is 10.2. The molecule has 0 radical (unpaired) electrons. The number of imide groups is 1. The number of urea groups is 1. The molecule has 0 bridgehead atoms. The molecular formula is C19H20N2O4S. The van der Waals surface area contributed by atoms with Crippen LogP contribution in [0.3, 0.4) is 0 Å². The van der Waals surface area contributed by atoms with E-state index in [0.29, 0.717) is 6.54 Å². The Kier molecular flexibility index (Phi) is 7.70. The summed E-state index contributed by atoms with van der Waals surface area (Å²) in [5.74, 6) is -1.11. The van der Waals surface area contributed by atoms with Gasteiger partial charge in [0.25, 0.3) is 5.91 Å². The molecule has 0 saturated heterocycles. The summed E-state index contributed by atoms with van der Waals surface area (Å²) >= 11 is 1.32. The van der Waals surface area contributed by atoms with E-state index in [1.807, 2.05) is 60.7 Å². The van der Waals surface area contributed by atoms with Crippen molar-refractivity contribution in [2.24, 2.45) is 0 Å². The van der Waals surface area contributed by atoms with E-state index in [1.165, 1.54) is 18.7 Å². The number of thioether (sulfide) groups is 1. The van der Waals surface area contributed by atoms with Gasteiger partial charge in [-0.2, -0.15) is 0 Å².